The third-order valence-electron chi connectivity index (χ3n) is 5.83. The van der Waals surface area contributed by atoms with Crippen LogP contribution in [0.5, 0.6) is 11.5 Å². The van der Waals surface area contributed by atoms with Gasteiger partial charge in [0, 0.05) is 33.9 Å². The zero-order chi connectivity index (χ0) is 22.8. The molecule has 7 heteroatoms. The maximum Gasteiger partial charge on any atom is 0.275 e. The van der Waals surface area contributed by atoms with E-state index in [0.717, 1.165) is 28.8 Å². The van der Waals surface area contributed by atoms with Gasteiger partial charge in [-0.3, -0.25) is 4.79 Å². The summed E-state index contributed by atoms with van der Waals surface area (Å²) in [5, 5.41) is 4.18. The Morgan fingerprint density at radius 2 is 1.97 bits per heavy atom. The van der Waals surface area contributed by atoms with Crippen molar-refractivity contribution in [3.63, 3.8) is 0 Å². The molecule has 1 heterocycles. The van der Waals surface area contributed by atoms with Gasteiger partial charge in [-0.25, -0.2) is 5.43 Å². The molecule has 1 aliphatic rings. The van der Waals surface area contributed by atoms with Gasteiger partial charge in [-0.15, -0.1) is 0 Å². The second kappa shape index (κ2) is 9.30. The van der Waals surface area contributed by atoms with Gasteiger partial charge >= 0.3 is 0 Å². The molecule has 6 nitrogen and oxygen atoms in total. The van der Waals surface area contributed by atoms with Crippen LogP contribution in [0.25, 0.3) is 0 Å². The van der Waals surface area contributed by atoms with E-state index in [0.29, 0.717) is 17.2 Å². The second-order valence-electron chi connectivity index (χ2n) is 8.36. The van der Waals surface area contributed by atoms with Crippen LogP contribution in [0, 0.1) is 0 Å². The lowest BCUT2D eigenvalue weighted by Gasteiger charge is -2.47. The van der Waals surface area contributed by atoms with Crippen LogP contribution in [0.1, 0.15) is 61.5 Å². The van der Waals surface area contributed by atoms with E-state index in [4.69, 9.17) is 9.47 Å². The number of hydrogen-bond acceptors (Lipinski definition) is 5. The maximum absolute atomic E-state index is 12.6. The van der Waals surface area contributed by atoms with Gasteiger partial charge in [0.15, 0.2) is 0 Å². The molecule has 0 saturated carbocycles. The summed E-state index contributed by atoms with van der Waals surface area (Å²) in [6.45, 7) is 9.91. The molecule has 2 aromatic rings. The summed E-state index contributed by atoms with van der Waals surface area (Å²) in [4.78, 5) is 15.0. The smallest absolute Gasteiger partial charge is 0.275 e. The highest BCUT2D eigenvalue weighted by Gasteiger charge is 2.36. The van der Waals surface area contributed by atoms with Gasteiger partial charge in [0.1, 0.15) is 11.5 Å². The fourth-order valence-electron chi connectivity index (χ4n) is 4.48. The first-order valence-electron chi connectivity index (χ1n) is 10.4. The molecule has 1 atom stereocenters. The molecular formula is C24H30BrN3O3. The Morgan fingerprint density at radius 1 is 1.26 bits per heavy atom. The molecule has 0 saturated heterocycles. The second-order valence-corrected chi connectivity index (χ2v) is 9.27. The van der Waals surface area contributed by atoms with Crippen LogP contribution in [-0.2, 0) is 0 Å². The average Bonchev–Trinajstić information content (AvgIpc) is 2.73. The number of ether oxygens (including phenoxy) is 2. The van der Waals surface area contributed by atoms with Gasteiger partial charge in [0.25, 0.3) is 5.91 Å². The van der Waals surface area contributed by atoms with Crippen molar-refractivity contribution in [1.29, 1.82) is 0 Å². The van der Waals surface area contributed by atoms with E-state index in [9.17, 15) is 4.79 Å². The largest absolute Gasteiger partial charge is 0.496 e. The summed E-state index contributed by atoms with van der Waals surface area (Å²) in [6, 6.07) is 9.45. The predicted octanol–water partition coefficient (Wildman–Crippen LogP) is 5.34. The minimum atomic E-state index is -0.349. The first-order valence-corrected chi connectivity index (χ1v) is 11.2. The van der Waals surface area contributed by atoms with Crippen LogP contribution in [0.15, 0.2) is 39.9 Å². The van der Waals surface area contributed by atoms with Gasteiger partial charge in [-0.2, -0.15) is 5.10 Å². The lowest BCUT2D eigenvalue weighted by molar-refractivity contribution is 0.0952. The van der Waals surface area contributed by atoms with Crippen LogP contribution in [0.3, 0.4) is 0 Å². The molecule has 3 rings (SSSR count). The number of halogens is 1. The number of anilines is 1. The number of amides is 1. The number of carbonyl (C=O) groups excluding carboxylic acids is 1. The first-order chi connectivity index (χ1) is 14.7. The number of nitrogens with one attached hydrogen (secondary N) is 1. The molecule has 166 valence electrons. The average molecular weight is 488 g/mol. The van der Waals surface area contributed by atoms with E-state index < -0.39 is 0 Å². The van der Waals surface area contributed by atoms with Gasteiger partial charge < -0.3 is 14.4 Å². The molecular weight excluding hydrogens is 458 g/mol. The molecule has 1 amide bonds. The van der Waals surface area contributed by atoms with Crippen molar-refractivity contribution in [3.8, 4) is 11.5 Å². The van der Waals surface area contributed by atoms with Crippen LogP contribution >= 0.6 is 15.9 Å². The minimum absolute atomic E-state index is 0.0821. The van der Waals surface area contributed by atoms with Crippen molar-refractivity contribution < 1.29 is 14.3 Å². The Bertz CT molecular complexity index is 1000. The first kappa shape index (κ1) is 23.1. The summed E-state index contributed by atoms with van der Waals surface area (Å²) in [5.74, 6) is 1.27. The molecule has 1 N–H and O–H groups in total. The lowest BCUT2D eigenvalue weighted by Crippen LogP contribution is -2.48. The van der Waals surface area contributed by atoms with Crippen LogP contribution in [0.2, 0.25) is 0 Å². The molecule has 0 spiro atoms. The summed E-state index contributed by atoms with van der Waals surface area (Å²) < 4.78 is 11.7. The molecule has 0 aromatic heterocycles. The van der Waals surface area contributed by atoms with E-state index >= 15 is 0 Å². The molecule has 2 aromatic carbocycles. The fraction of sp³-hybridized carbons (Fsp3) is 0.417. The molecule has 0 radical (unpaired) electrons. The Balaban J connectivity index is 1.89. The highest BCUT2D eigenvalue weighted by molar-refractivity contribution is 9.10. The number of nitrogens with zero attached hydrogens (tertiary/aromatic N) is 2. The lowest BCUT2D eigenvalue weighted by atomic mass is 9.79. The van der Waals surface area contributed by atoms with E-state index in [-0.39, 0.29) is 11.4 Å². The Morgan fingerprint density at radius 3 is 2.61 bits per heavy atom. The van der Waals surface area contributed by atoms with Crippen molar-refractivity contribution in [3.05, 3.63) is 51.5 Å². The Kier molecular flexibility index (Phi) is 6.94. The highest BCUT2D eigenvalue weighted by atomic mass is 79.9. The van der Waals surface area contributed by atoms with Gasteiger partial charge in [-0.1, -0.05) is 22.9 Å². The SMILES string of the molecule is CCN1c2cc(OC)c(/C=N\NC(=O)c3cc(Br)ccc3OC)cc2C(C)CC1(C)C. The van der Waals surface area contributed by atoms with E-state index in [1.165, 1.54) is 18.4 Å². The standard InChI is InChI=1S/C24H30BrN3O3/c1-7-28-20-12-22(31-6)16(10-18(20)15(2)13-24(28,3)4)14-26-27-23(29)19-11-17(25)8-9-21(19)30-5/h8-12,14-15H,7,13H2,1-6H3,(H,27,29)/b26-14-. The van der Waals surface area contributed by atoms with Gasteiger partial charge in [0.05, 0.1) is 26.0 Å². The third-order valence-corrected chi connectivity index (χ3v) is 6.32. The molecule has 31 heavy (non-hydrogen) atoms. The zero-order valence-corrected chi connectivity index (χ0v) is 20.5. The van der Waals surface area contributed by atoms with Gasteiger partial charge in [0.2, 0.25) is 0 Å². The number of rotatable bonds is 6. The van der Waals surface area contributed by atoms with Crippen molar-refractivity contribution in [1.82, 2.24) is 5.43 Å². The zero-order valence-electron chi connectivity index (χ0n) is 19.0. The van der Waals surface area contributed by atoms with E-state index in [1.54, 1.807) is 25.5 Å². The van der Waals surface area contributed by atoms with Crippen LogP contribution in [0.4, 0.5) is 5.69 Å². The molecule has 0 aliphatic carbocycles. The number of hydrazone groups is 1. The number of hydrogen-bond donors (Lipinski definition) is 1. The Labute approximate surface area is 192 Å². The Hall–Kier alpha value is -2.54. The predicted molar refractivity (Wildman–Crippen MR) is 129 cm³/mol. The number of methoxy groups -OCH3 is 2. The van der Waals surface area contributed by atoms with Crippen molar-refractivity contribution in [2.24, 2.45) is 5.10 Å². The number of benzene rings is 2. The van der Waals surface area contributed by atoms with E-state index in [2.05, 4.69) is 71.2 Å². The van der Waals surface area contributed by atoms with E-state index in [1.807, 2.05) is 6.07 Å². The summed E-state index contributed by atoms with van der Waals surface area (Å²) in [7, 11) is 3.18. The molecule has 0 fully saturated rings. The third kappa shape index (κ3) is 4.71. The molecule has 0 bridgehead atoms. The topological polar surface area (TPSA) is 63.2 Å². The molecule has 1 aliphatic heterocycles. The minimum Gasteiger partial charge on any atom is -0.496 e. The van der Waals surface area contributed by atoms with Crippen molar-refractivity contribution in [2.75, 3.05) is 25.7 Å². The van der Waals surface area contributed by atoms with Crippen LogP contribution in [-0.4, -0.2) is 38.4 Å². The monoisotopic (exact) mass is 487 g/mol. The number of fused-ring (bicyclic) bond motifs is 1. The summed E-state index contributed by atoms with van der Waals surface area (Å²) in [6.07, 6.45) is 2.69. The number of carbonyl (C=O) groups is 1. The van der Waals surface area contributed by atoms with Crippen molar-refractivity contribution in [2.45, 2.75) is 45.6 Å². The summed E-state index contributed by atoms with van der Waals surface area (Å²) >= 11 is 3.38. The fourth-order valence-corrected chi connectivity index (χ4v) is 4.84. The highest BCUT2D eigenvalue weighted by Crippen LogP contribution is 2.45. The van der Waals surface area contributed by atoms with Crippen LogP contribution < -0.4 is 19.8 Å². The maximum atomic E-state index is 12.6. The normalized spacial score (nSPS) is 17.4. The van der Waals surface area contributed by atoms with Crippen molar-refractivity contribution >= 4 is 33.7 Å². The van der Waals surface area contributed by atoms with Gasteiger partial charge in [-0.05, 0) is 62.9 Å². The molecule has 1 unspecified atom stereocenters. The summed E-state index contributed by atoms with van der Waals surface area (Å²) in [5.41, 5.74) is 6.36. The quantitative estimate of drug-likeness (QED) is 0.440.